The Bertz CT molecular complexity index is 953. The number of hydrogen-bond donors (Lipinski definition) is 1. The van der Waals surface area contributed by atoms with E-state index in [0.717, 1.165) is 22.7 Å². The average Bonchev–Trinajstić information content (AvgIpc) is 3.35. The van der Waals surface area contributed by atoms with Crippen LogP contribution in [0, 0.1) is 0 Å². The van der Waals surface area contributed by atoms with Gasteiger partial charge in [0.25, 0.3) is 0 Å². The van der Waals surface area contributed by atoms with Gasteiger partial charge in [0, 0.05) is 30.9 Å². The van der Waals surface area contributed by atoms with Crippen LogP contribution in [0.2, 0.25) is 0 Å². The summed E-state index contributed by atoms with van der Waals surface area (Å²) < 4.78 is 10.4. The smallest absolute Gasteiger partial charge is 0.227 e. The van der Waals surface area contributed by atoms with Crippen LogP contribution in [0.15, 0.2) is 34.9 Å². The number of aryl methyl sites for hydroxylation is 1. The van der Waals surface area contributed by atoms with Gasteiger partial charge in [-0.25, -0.2) is 0 Å². The predicted octanol–water partition coefficient (Wildman–Crippen LogP) is 3.36. The molecular formula is C21H27N5O3. The molecule has 0 aliphatic rings. The van der Waals surface area contributed by atoms with E-state index in [4.69, 9.17) is 9.26 Å². The van der Waals surface area contributed by atoms with Gasteiger partial charge in [-0.1, -0.05) is 25.9 Å². The number of amides is 1. The molecule has 2 heterocycles. The fourth-order valence-electron chi connectivity index (χ4n) is 2.79. The maximum Gasteiger partial charge on any atom is 0.227 e. The summed E-state index contributed by atoms with van der Waals surface area (Å²) in [6.07, 6.45) is 0.684. The number of ether oxygens (including phenoxy) is 1. The second-order valence-corrected chi connectivity index (χ2v) is 8.02. The van der Waals surface area contributed by atoms with Gasteiger partial charge in [0.05, 0.1) is 25.0 Å². The molecule has 0 spiro atoms. The van der Waals surface area contributed by atoms with E-state index < -0.39 is 0 Å². The third-order valence-corrected chi connectivity index (χ3v) is 4.60. The first-order valence-electron chi connectivity index (χ1n) is 9.52. The van der Waals surface area contributed by atoms with Crippen LogP contribution >= 0.6 is 0 Å². The Morgan fingerprint density at radius 3 is 2.59 bits per heavy atom. The maximum atomic E-state index is 12.5. The molecule has 0 aliphatic heterocycles. The second kappa shape index (κ2) is 8.46. The SMILES string of the molecule is COc1ccc(-c2noc(CCC(=O)N(C)Cc3cc(C(C)(C)C)n[nH]3)n2)cc1. The van der Waals surface area contributed by atoms with Crippen molar-refractivity contribution in [1.82, 2.24) is 25.2 Å². The first-order valence-corrected chi connectivity index (χ1v) is 9.52. The number of H-pyrrole nitrogens is 1. The average molecular weight is 397 g/mol. The maximum absolute atomic E-state index is 12.5. The Kier molecular flexibility index (Phi) is 6.00. The summed E-state index contributed by atoms with van der Waals surface area (Å²) in [7, 11) is 3.39. The van der Waals surface area contributed by atoms with E-state index >= 15 is 0 Å². The van der Waals surface area contributed by atoms with Crippen molar-refractivity contribution in [2.75, 3.05) is 14.2 Å². The van der Waals surface area contributed by atoms with Crippen LogP contribution in [-0.2, 0) is 23.2 Å². The first kappa shape index (κ1) is 20.6. The highest BCUT2D eigenvalue weighted by molar-refractivity contribution is 5.76. The van der Waals surface area contributed by atoms with E-state index in [1.54, 1.807) is 19.1 Å². The van der Waals surface area contributed by atoms with Crippen LogP contribution in [-0.4, -0.2) is 45.3 Å². The topological polar surface area (TPSA) is 97.1 Å². The molecular weight excluding hydrogens is 370 g/mol. The lowest BCUT2D eigenvalue weighted by atomic mass is 9.92. The fourth-order valence-corrected chi connectivity index (χ4v) is 2.79. The minimum Gasteiger partial charge on any atom is -0.497 e. The molecule has 3 aromatic rings. The Labute approximate surface area is 170 Å². The van der Waals surface area contributed by atoms with Crippen LogP contribution < -0.4 is 4.74 Å². The lowest BCUT2D eigenvalue weighted by molar-refractivity contribution is -0.130. The number of nitrogens with zero attached hydrogens (tertiary/aromatic N) is 4. The number of aromatic nitrogens is 4. The van der Waals surface area contributed by atoms with Crippen LogP contribution in [0.1, 0.15) is 44.5 Å². The number of benzene rings is 1. The van der Waals surface area contributed by atoms with Crippen LogP contribution in [0.4, 0.5) is 0 Å². The van der Waals surface area contributed by atoms with Crippen molar-refractivity contribution in [3.63, 3.8) is 0 Å². The minimum atomic E-state index is -0.0309. The molecule has 0 atom stereocenters. The van der Waals surface area contributed by atoms with Gasteiger partial charge in [0.2, 0.25) is 17.6 Å². The van der Waals surface area contributed by atoms with Crippen molar-refractivity contribution in [3.8, 4) is 17.1 Å². The van der Waals surface area contributed by atoms with Gasteiger partial charge in [0.1, 0.15) is 5.75 Å². The zero-order valence-electron chi connectivity index (χ0n) is 17.5. The number of methoxy groups -OCH3 is 1. The van der Waals surface area contributed by atoms with Gasteiger partial charge in [-0.05, 0) is 30.3 Å². The van der Waals surface area contributed by atoms with Gasteiger partial charge in [-0.2, -0.15) is 10.1 Å². The molecule has 0 unspecified atom stereocenters. The normalized spacial score (nSPS) is 11.5. The second-order valence-electron chi connectivity index (χ2n) is 8.02. The Morgan fingerprint density at radius 1 is 1.24 bits per heavy atom. The Morgan fingerprint density at radius 2 is 1.97 bits per heavy atom. The van der Waals surface area contributed by atoms with E-state index in [-0.39, 0.29) is 11.3 Å². The lowest BCUT2D eigenvalue weighted by Crippen LogP contribution is -2.26. The van der Waals surface area contributed by atoms with Gasteiger partial charge in [-0.15, -0.1) is 0 Å². The Hall–Kier alpha value is -3.16. The zero-order valence-corrected chi connectivity index (χ0v) is 17.5. The summed E-state index contributed by atoms with van der Waals surface area (Å²) in [5, 5.41) is 11.3. The molecule has 0 saturated carbocycles. The molecule has 0 saturated heterocycles. The predicted molar refractivity (Wildman–Crippen MR) is 108 cm³/mol. The van der Waals surface area contributed by atoms with Crippen LogP contribution in [0.25, 0.3) is 11.4 Å². The highest BCUT2D eigenvalue weighted by Gasteiger charge is 2.19. The third-order valence-electron chi connectivity index (χ3n) is 4.60. The summed E-state index contributed by atoms with van der Waals surface area (Å²) in [6, 6.07) is 9.41. The van der Waals surface area contributed by atoms with E-state index in [2.05, 4.69) is 41.1 Å². The summed E-state index contributed by atoms with van der Waals surface area (Å²) in [5.74, 6) is 1.70. The number of nitrogens with one attached hydrogen (secondary N) is 1. The quantitative estimate of drug-likeness (QED) is 0.657. The van der Waals surface area contributed by atoms with Crippen molar-refractivity contribution in [1.29, 1.82) is 0 Å². The lowest BCUT2D eigenvalue weighted by Gasteiger charge is -2.16. The highest BCUT2D eigenvalue weighted by atomic mass is 16.5. The standard InChI is InChI=1S/C21H27N5O3/c1-21(2,3)17-12-15(23-24-17)13-26(4)19(27)11-10-18-22-20(25-29-18)14-6-8-16(28-5)9-7-14/h6-9,12H,10-11,13H2,1-5H3,(H,23,24). The van der Waals surface area contributed by atoms with E-state index in [1.807, 2.05) is 30.3 Å². The molecule has 1 amide bonds. The fraction of sp³-hybridized carbons (Fsp3) is 0.429. The molecule has 8 nitrogen and oxygen atoms in total. The van der Waals surface area contributed by atoms with E-state index in [1.165, 1.54) is 0 Å². The van der Waals surface area contributed by atoms with Crippen molar-refractivity contribution >= 4 is 5.91 Å². The molecule has 8 heteroatoms. The Balaban J connectivity index is 1.53. The summed E-state index contributed by atoms with van der Waals surface area (Å²) >= 11 is 0. The van der Waals surface area contributed by atoms with E-state index in [0.29, 0.717) is 31.1 Å². The molecule has 0 aliphatic carbocycles. The molecule has 0 bridgehead atoms. The van der Waals surface area contributed by atoms with Crippen molar-refractivity contribution in [2.45, 2.75) is 45.6 Å². The molecule has 0 radical (unpaired) electrons. The molecule has 29 heavy (non-hydrogen) atoms. The molecule has 0 fully saturated rings. The third kappa shape index (κ3) is 5.22. The molecule has 3 rings (SSSR count). The summed E-state index contributed by atoms with van der Waals surface area (Å²) in [6.45, 7) is 6.79. The largest absolute Gasteiger partial charge is 0.497 e. The van der Waals surface area contributed by atoms with Crippen molar-refractivity contribution < 1.29 is 14.1 Å². The molecule has 154 valence electrons. The molecule has 1 N–H and O–H groups in total. The van der Waals surface area contributed by atoms with Gasteiger partial charge >= 0.3 is 0 Å². The van der Waals surface area contributed by atoms with Gasteiger partial charge < -0.3 is 14.2 Å². The number of aromatic amines is 1. The van der Waals surface area contributed by atoms with Crippen molar-refractivity contribution in [2.24, 2.45) is 0 Å². The van der Waals surface area contributed by atoms with E-state index in [9.17, 15) is 4.79 Å². The first-order chi connectivity index (χ1) is 13.8. The monoisotopic (exact) mass is 397 g/mol. The van der Waals surface area contributed by atoms with Crippen molar-refractivity contribution in [3.05, 3.63) is 47.6 Å². The number of rotatable bonds is 7. The zero-order chi connectivity index (χ0) is 21.0. The summed E-state index contributed by atoms with van der Waals surface area (Å²) in [5.41, 5.74) is 2.69. The molecule has 2 aromatic heterocycles. The number of carbonyl (C=O) groups is 1. The van der Waals surface area contributed by atoms with Crippen LogP contribution in [0.3, 0.4) is 0 Å². The molecule has 1 aromatic carbocycles. The van der Waals surface area contributed by atoms with Crippen LogP contribution in [0.5, 0.6) is 5.75 Å². The summed E-state index contributed by atoms with van der Waals surface area (Å²) in [4.78, 5) is 18.5. The number of hydrogen-bond acceptors (Lipinski definition) is 6. The minimum absolute atomic E-state index is 0.00102. The van der Waals surface area contributed by atoms with Gasteiger partial charge in [-0.3, -0.25) is 9.89 Å². The highest BCUT2D eigenvalue weighted by Crippen LogP contribution is 2.21. The van der Waals surface area contributed by atoms with Gasteiger partial charge in [0.15, 0.2) is 0 Å². The number of carbonyl (C=O) groups excluding carboxylic acids is 1.